The number of nitrogens with zero attached hydrogens (tertiary/aromatic N) is 6. The van der Waals surface area contributed by atoms with E-state index in [9.17, 15) is 4.79 Å². The minimum absolute atomic E-state index is 0.0747. The lowest BCUT2D eigenvalue weighted by Gasteiger charge is -2.24. The minimum atomic E-state index is 0.0747. The van der Waals surface area contributed by atoms with Gasteiger partial charge in [0.2, 0.25) is 5.95 Å². The van der Waals surface area contributed by atoms with Crippen LogP contribution in [-0.4, -0.2) is 56.6 Å². The third-order valence-corrected chi connectivity index (χ3v) is 6.05. The van der Waals surface area contributed by atoms with Crippen LogP contribution in [0.5, 0.6) is 0 Å². The first kappa shape index (κ1) is 19.8. The molecular weight excluding hydrogens is 412 g/mol. The summed E-state index contributed by atoms with van der Waals surface area (Å²) in [6, 6.07) is 13.4. The maximum Gasteiger partial charge on any atom is 0.253 e. The third kappa shape index (κ3) is 3.59. The largest absolute Gasteiger partial charge is 0.340 e. The van der Waals surface area contributed by atoms with E-state index in [1.54, 1.807) is 0 Å². The molecule has 5 rings (SSSR count). The molecule has 1 saturated heterocycles. The highest BCUT2D eigenvalue weighted by Crippen LogP contribution is 2.27. The zero-order valence-electron chi connectivity index (χ0n) is 17.5. The van der Waals surface area contributed by atoms with E-state index in [0.717, 1.165) is 52.4 Å². The van der Waals surface area contributed by atoms with Gasteiger partial charge in [0.25, 0.3) is 5.91 Å². The van der Waals surface area contributed by atoms with Gasteiger partial charge < -0.3 is 9.80 Å². The Morgan fingerprint density at radius 2 is 1.77 bits per heavy atom. The number of benzene rings is 2. The Kier molecular flexibility index (Phi) is 4.98. The molecule has 158 valence electrons. The van der Waals surface area contributed by atoms with Crippen molar-refractivity contribution in [2.24, 2.45) is 0 Å². The van der Waals surface area contributed by atoms with E-state index in [1.807, 2.05) is 65.6 Å². The monoisotopic (exact) mass is 434 g/mol. The average molecular weight is 435 g/mol. The average Bonchev–Trinajstić information content (AvgIpc) is 2.99. The van der Waals surface area contributed by atoms with Crippen LogP contribution in [0.25, 0.3) is 16.6 Å². The molecule has 0 unspecified atom stereocenters. The Balaban J connectivity index is 1.47. The molecule has 2 aromatic heterocycles. The summed E-state index contributed by atoms with van der Waals surface area (Å²) in [5.41, 5.74) is 3.44. The Morgan fingerprint density at radius 1 is 0.968 bits per heavy atom. The molecule has 0 atom stereocenters. The van der Waals surface area contributed by atoms with Gasteiger partial charge in [-0.05, 0) is 50.6 Å². The molecule has 0 saturated carbocycles. The van der Waals surface area contributed by atoms with Gasteiger partial charge in [0, 0.05) is 42.2 Å². The first-order chi connectivity index (χ1) is 15.0. The number of fused-ring (bicyclic) bond motifs is 3. The van der Waals surface area contributed by atoms with Crippen LogP contribution in [0.15, 0.2) is 42.5 Å². The molecule has 31 heavy (non-hydrogen) atoms. The van der Waals surface area contributed by atoms with Gasteiger partial charge in [0.15, 0.2) is 5.65 Å². The molecule has 1 aliphatic heterocycles. The van der Waals surface area contributed by atoms with Crippen molar-refractivity contribution in [3.8, 4) is 0 Å². The standard InChI is InChI=1S/C23H23ClN6O/c1-15-4-6-17(7-5-15)22(31)28-10-3-11-29(13-12-28)23-25-20-14-18(24)8-9-19(20)21-27-26-16(2)30(21)23/h4-9,14H,3,10-13H2,1-2H3. The van der Waals surface area contributed by atoms with Crippen LogP contribution in [0.1, 0.15) is 28.2 Å². The van der Waals surface area contributed by atoms with Gasteiger partial charge in [-0.15, -0.1) is 10.2 Å². The SMILES string of the molecule is Cc1ccc(C(=O)N2CCCN(c3nc4cc(Cl)ccc4c4nnc(C)n34)CC2)cc1. The summed E-state index contributed by atoms with van der Waals surface area (Å²) >= 11 is 6.22. The summed E-state index contributed by atoms with van der Waals surface area (Å²) in [4.78, 5) is 22.1. The predicted molar refractivity (Wildman–Crippen MR) is 122 cm³/mol. The van der Waals surface area contributed by atoms with Crippen LogP contribution in [0.2, 0.25) is 5.02 Å². The van der Waals surface area contributed by atoms with Crippen molar-refractivity contribution < 1.29 is 4.79 Å². The quantitative estimate of drug-likeness (QED) is 0.478. The Bertz CT molecular complexity index is 1280. The molecule has 0 bridgehead atoms. The number of anilines is 1. The van der Waals surface area contributed by atoms with E-state index in [2.05, 4.69) is 15.1 Å². The summed E-state index contributed by atoms with van der Waals surface area (Å²) in [5, 5.41) is 10.2. The highest BCUT2D eigenvalue weighted by molar-refractivity contribution is 6.31. The van der Waals surface area contributed by atoms with Gasteiger partial charge in [-0.1, -0.05) is 29.3 Å². The maximum atomic E-state index is 13.0. The van der Waals surface area contributed by atoms with Gasteiger partial charge in [0.1, 0.15) is 5.82 Å². The van der Waals surface area contributed by atoms with Crippen molar-refractivity contribution in [2.75, 3.05) is 31.1 Å². The summed E-state index contributed by atoms with van der Waals surface area (Å²) in [5.74, 6) is 1.65. The van der Waals surface area contributed by atoms with Gasteiger partial charge in [0.05, 0.1) is 5.52 Å². The molecule has 2 aromatic carbocycles. The number of aryl methyl sites for hydroxylation is 2. The fourth-order valence-corrected chi connectivity index (χ4v) is 4.30. The number of aromatic nitrogens is 4. The minimum Gasteiger partial charge on any atom is -0.340 e. The van der Waals surface area contributed by atoms with Crippen LogP contribution in [0.4, 0.5) is 5.95 Å². The second-order valence-corrected chi connectivity index (χ2v) is 8.41. The molecular formula is C23H23ClN6O. The summed E-state index contributed by atoms with van der Waals surface area (Å²) < 4.78 is 1.99. The van der Waals surface area contributed by atoms with Crippen LogP contribution in [0, 0.1) is 13.8 Å². The second-order valence-electron chi connectivity index (χ2n) is 7.98. The zero-order chi connectivity index (χ0) is 21.5. The second kappa shape index (κ2) is 7.81. The van der Waals surface area contributed by atoms with Gasteiger partial charge in [-0.2, -0.15) is 0 Å². The lowest BCUT2D eigenvalue weighted by molar-refractivity contribution is 0.0767. The third-order valence-electron chi connectivity index (χ3n) is 5.81. The van der Waals surface area contributed by atoms with Crippen LogP contribution in [0.3, 0.4) is 0 Å². The van der Waals surface area contributed by atoms with E-state index >= 15 is 0 Å². The molecule has 0 N–H and O–H groups in total. The Labute approximate surface area is 185 Å². The van der Waals surface area contributed by atoms with E-state index in [0.29, 0.717) is 24.7 Å². The number of amides is 1. The van der Waals surface area contributed by atoms with E-state index in [4.69, 9.17) is 16.6 Å². The zero-order valence-corrected chi connectivity index (χ0v) is 18.3. The first-order valence-corrected chi connectivity index (χ1v) is 10.8. The van der Waals surface area contributed by atoms with Crippen LogP contribution >= 0.6 is 11.6 Å². The lowest BCUT2D eigenvalue weighted by atomic mass is 10.1. The number of hydrogen-bond acceptors (Lipinski definition) is 5. The first-order valence-electron chi connectivity index (χ1n) is 10.4. The number of hydrogen-bond donors (Lipinski definition) is 0. The van der Waals surface area contributed by atoms with Crippen LogP contribution < -0.4 is 4.90 Å². The van der Waals surface area contributed by atoms with Crippen molar-refractivity contribution in [1.29, 1.82) is 0 Å². The fraction of sp³-hybridized carbons (Fsp3) is 0.304. The van der Waals surface area contributed by atoms with Gasteiger partial charge >= 0.3 is 0 Å². The number of carbonyl (C=O) groups is 1. The highest BCUT2D eigenvalue weighted by atomic mass is 35.5. The van der Waals surface area contributed by atoms with Gasteiger partial charge in [-0.3, -0.25) is 4.79 Å². The molecule has 0 spiro atoms. The van der Waals surface area contributed by atoms with Gasteiger partial charge in [-0.25, -0.2) is 9.38 Å². The normalized spacial score (nSPS) is 14.9. The molecule has 4 aromatic rings. The number of halogens is 1. The van der Waals surface area contributed by atoms with E-state index in [1.165, 1.54) is 0 Å². The Morgan fingerprint density at radius 3 is 2.58 bits per heavy atom. The molecule has 1 fully saturated rings. The summed E-state index contributed by atoms with van der Waals surface area (Å²) in [6.45, 7) is 6.78. The lowest BCUT2D eigenvalue weighted by Crippen LogP contribution is -2.36. The van der Waals surface area contributed by atoms with Crippen molar-refractivity contribution >= 4 is 40.0 Å². The molecule has 3 heterocycles. The maximum absolute atomic E-state index is 13.0. The molecule has 7 nitrogen and oxygen atoms in total. The van der Waals surface area contributed by atoms with Crippen molar-refractivity contribution in [3.63, 3.8) is 0 Å². The van der Waals surface area contributed by atoms with E-state index < -0.39 is 0 Å². The number of carbonyl (C=O) groups excluding carboxylic acids is 1. The highest BCUT2D eigenvalue weighted by Gasteiger charge is 2.24. The molecule has 0 aliphatic carbocycles. The van der Waals surface area contributed by atoms with Crippen molar-refractivity contribution in [2.45, 2.75) is 20.3 Å². The molecule has 8 heteroatoms. The van der Waals surface area contributed by atoms with Crippen molar-refractivity contribution in [3.05, 3.63) is 64.4 Å². The predicted octanol–water partition coefficient (Wildman–Crippen LogP) is 3.90. The smallest absolute Gasteiger partial charge is 0.253 e. The molecule has 1 aliphatic rings. The number of rotatable bonds is 2. The molecule has 0 radical (unpaired) electrons. The Hall–Kier alpha value is -3.19. The fourth-order valence-electron chi connectivity index (χ4n) is 4.13. The summed E-state index contributed by atoms with van der Waals surface area (Å²) in [6.07, 6.45) is 0.857. The van der Waals surface area contributed by atoms with E-state index in [-0.39, 0.29) is 5.91 Å². The summed E-state index contributed by atoms with van der Waals surface area (Å²) in [7, 11) is 0. The topological polar surface area (TPSA) is 66.6 Å². The molecule has 1 amide bonds. The van der Waals surface area contributed by atoms with Crippen molar-refractivity contribution in [1.82, 2.24) is 24.5 Å². The van der Waals surface area contributed by atoms with Crippen LogP contribution in [-0.2, 0) is 0 Å².